The first kappa shape index (κ1) is 12.4. The van der Waals surface area contributed by atoms with Crippen LogP contribution >= 0.6 is 0 Å². The molecule has 3 rings (SSSR count). The Hall–Kier alpha value is -2.61. The van der Waals surface area contributed by atoms with Crippen LogP contribution in [0.5, 0.6) is 0 Å². The molecule has 0 radical (unpaired) electrons. The molecule has 20 heavy (non-hydrogen) atoms. The molecule has 0 aliphatic carbocycles. The number of aromatic nitrogens is 1. The summed E-state index contributed by atoms with van der Waals surface area (Å²) in [6.07, 6.45) is 7.83. The van der Waals surface area contributed by atoms with Gasteiger partial charge in [-0.05, 0) is 31.2 Å². The Kier molecular flexibility index (Phi) is 3.46. The van der Waals surface area contributed by atoms with Crippen molar-refractivity contribution < 1.29 is 0 Å². The van der Waals surface area contributed by atoms with Crippen molar-refractivity contribution in [3.63, 3.8) is 0 Å². The van der Waals surface area contributed by atoms with Gasteiger partial charge < -0.3 is 4.57 Å². The summed E-state index contributed by atoms with van der Waals surface area (Å²) in [4.78, 5) is 4.54. The Morgan fingerprint density at radius 3 is 2.50 bits per heavy atom. The van der Waals surface area contributed by atoms with Crippen LogP contribution in [0, 0.1) is 0 Å². The van der Waals surface area contributed by atoms with E-state index in [1.54, 1.807) is 0 Å². The molecule has 0 N–H and O–H groups in total. The van der Waals surface area contributed by atoms with Crippen LogP contribution in [0.1, 0.15) is 6.92 Å². The molecule has 0 amide bonds. The maximum atomic E-state index is 4.54. The highest BCUT2D eigenvalue weighted by atomic mass is 15.0. The summed E-state index contributed by atoms with van der Waals surface area (Å²) >= 11 is 0. The lowest BCUT2D eigenvalue weighted by Gasteiger charge is -2.03. The number of allylic oxidation sites excluding steroid dienone is 2. The maximum Gasteiger partial charge on any atom is 0.0889 e. The number of hydrogen-bond donors (Lipinski definition) is 0. The fourth-order valence-electron chi connectivity index (χ4n) is 2.28. The van der Waals surface area contributed by atoms with Gasteiger partial charge in [0.1, 0.15) is 0 Å². The average molecular weight is 260 g/mol. The van der Waals surface area contributed by atoms with Crippen LogP contribution < -0.4 is 0 Å². The highest BCUT2D eigenvalue weighted by Crippen LogP contribution is 2.30. The van der Waals surface area contributed by atoms with Gasteiger partial charge in [0, 0.05) is 23.5 Å². The van der Waals surface area contributed by atoms with Crippen LogP contribution in [0.25, 0.3) is 16.6 Å². The Morgan fingerprint density at radius 1 is 0.950 bits per heavy atom. The molecule has 0 saturated heterocycles. The first-order valence-corrected chi connectivity index (χ1v) is 6.71. The minimum atomic E-state index is 0.988. The van der Waals surface area contributed by atoms with Crippen LogP contribution in [-0.2, 0) is 0 Å². The van der Waals surface area contributed by atoms with Gasteiger partial charge in [-0.1, -0.05) is 42.5 Å². The van der Waals surface area contributed by atoms with Gasteiger partial charge in [-0.15, -0.1) is 0 Å². The van der Waals surface area contributed by atoms with Gasteiger partial charge in [0.15, 0.2) is 0 Å². The van der Waals surface area contributed by atoms with Crippen LogP contribution in [0.4, 0.5) is 5.69 Å². The monoisotopic (exact) mass is 260 g/mol. The SMILES string of the molecule is C/C=C\C=Nc1cn(-c2ccccc2)c2ccccc12. The second-order valence-electron chi connectivity index (χ2n) is 4.54. The number of fused-ring (bicyclic) bond motifs is 1. The fraction of sp³-hybridized carbons (Fsp3) is 0.0556. The third-order valence-corrected chi connectivity index (χ3v) is 3.22. The number of aliphatic imine (C=N–C) groups is 1. The molecule has 0 saturated carbocycles. The zero-order valence-electron chi connectivity index (χ0n) is 11.4. The molecule has 1 aromatic heterocycles. The smallest absolute Gasteiger partial charge is 0.0889 e. The van der Waals surface area contributed by atoms with Gasteiger partial charge in [-0.2, -0.15) is 0 Å². The molecule has 0 bridgehead atoms. The van der Waals surface area contributed by atoms with E-state index in [2.05, 4.69) is 46.1 Å². The van der Waals surface area contributed by atoms with Gasteiger partial charge in [0.2, 0.25) is 0 Å². The molecule has 2 heteroatoms. The Bertz CT molecular complexity index is 764. The predicted molar refractivity (Wildman–Crippen MR) is 86.2 cm³/mol. The highest BCUT2D eigenvalue weighted by molar-refractivity contribution is 5.94. The minimum absolute atomic E-state index is 0.988. The Labute approximate surface area is 118 Å². The first-order chi connectivity index (χ1) is 9.90. The minimum Gasteiger partial charge on any atom is -0.314 e. The normalized spacial score (nSPS) is 11.8. The molecule has 0 aliphatic heterocycles. The van der Waals surface area contributed by atoms with Crippen molar-refractivity contribution in [2.24, 2.45) is 4.99 Å². The predicted octanol–water partition coefficient (Wildman–Crippen LogP) is 4.91. The molecule has 0 fully saturated rings. The molecule has 2 nitrogen and oxygen atoms in total. The number of nitrogens with zero attached hydrogens (tertiary/aromatic N) is 2. The fourth-order valence-corrected chi connectivity index (χ4v) is 2.28. The summed E-state index contributed by atoms with van der Waals surface area (Å²) in [6, 6.07) is 18.7. The zero-order valence-corrected chi connectivity index (χ0v) is 11.4. The van der Waals surface area contributed by atoms with Crippen molar-refractivity contribution in [3.05, 3.63) is 72.9 Å². The van der Waals surface area contributed by atoms with E-state index in [-0.39, 0.29) is 0 Å². The molecule has 3 aromatic rings. The van der Waals surface area contributed by atoms with Crippen molar-refractivity contribution in [2.45, 2.75) is 6.92 Å². The van der Waals surface area contributed by atoms with Gasteiger partial charge in [0.05, 0.1) is 11.2 Å². The van der Waals surface area contributed by atoms with Crippen LogP contribution in [-0.4, -0.2) is 10.8 Å². The quantitative estimate of drug-likeness (QED) is 0.595. The molecule has 2 aromatic carbocycles. The van der Waals surface area contributed by atoms with E-state index in [9.17, 15) is 0 Å². The van der Waals surface area contributed by atoms with Crippen LogP contribution in [0.3, 0.4) is 0 Å². The second-order valence-corrected chi connectivity index (χ2v) is 4.54. The summed E-state index contributed by atoms with van der Waals surface area (Å²) < 4.78 is 2.18. The number of benzene rings is 2. The van der Waals surface area contributed by atoms with Gasteiger partial charge in [0.25, 0.3) is 0 Å². The second kappa shape index (κ2) is 5.57. The third kappa shape index (κ3) is 2.28. The molecule has 98 valence electrons. The van der Waals surface area contributed by atoms with Crippen molar-refractivity contribution in [1.29, 1.82) is 0 Å². The summed E-state index contributed by atoms with van der Waals surface area (Å²) in [7, 11) is 0. The summed E-state index contributed by atoms with van der Waals surface area (Å²) in [5.74, 6) is 0. The Morgan fingerprint density at radius 2 is 1.70 bits per heavy atom. The van der Waals surface area contributed by atoms with E-state index in [0.717, 1.165) is 16.8 Å². The lowest BCUT2D eigenvalue weighted by Crippen LogP contribution is -1.89. The Balaban J connectivity index is 2.19. The standard InChI is InChI=1S/C18H16N2/c1-2-3-13-19-17-14-20(15-9-5-4-6-10-15)18-12-8-7-11-16(17)18/h2-14H,1H3/b3-2-,19-13?. The zero-order chi connectivity index (χ0) is 13.8. The van der Waals surface area contributed by atoms with Crippen molar-refractivity contribution >= 4 is 22.8 Å². The average Bonchev–Trinajstić information content (AvgIpc) is 2.88. The number of para-hydroxylation sites is 2. The molecule has 0 aliphatic rings. The van der Waals surface area contributed by atoms with E-state index in [4.69, 9.17) is 0 Å². The first-order valence-electron chi connectivity index (χ1n) is 6.71. The maximum absolute atomic E-state index is 4.54. The molecular formula is C18H16N2. The van der Waals surface area contributed by atoms with Gasteiger partial charge in [-0.25, -0.2) is 0 Å². The third-order valence-electron chi connectivity index (χ3n) is 3.22. The molecule has 0 unspecified atom stereocenters. The van der Waals surface area contributed by atoms with E-state index in [0.29, 0.717) is 0 Å². The van der Waals surface area contributed by atoms with Crippen LogP contribution in [0.2, 0.25) is 0 Å². The van der Waals surface area contributed by atoms with Crippen molar-refractivity contribution in [3.8, 4) is 5.69 Å². The summed E-state index contributed by atoms with van der Waals surface area (Å²) in [6.45, 7) is 1.99. The molecule has 0 spiro atoms. The van der Waals surface area contributed by atoms with E-state index in [1.807, 2.05) is 49.6 Å². The van der Waals surface area contributed by atoms with E-state index in [1.165, 1.54) is 5.52 Å². The summed E-state index contributed by atoms with van der Waals surface area (Å²) in [5.41, 5.74) is 3.31. The number of hydrogen-bond acceptors (Lipinski definition) is 1. The van der Waals surface area contributed by atoms with E-state index < -0.39 is 0 Å². The lowest BCUT2D eigenvalue weighted by atomic mass is 10.2. The number of rotatable bonds is 3. The topological polar surface area (TPSA) is 17.3 Å². The van der Waals surface area contributed by atoms with Gasteiger partial charge in [-0.3, -0.25) is 4.99 Å². The molecular weight excluding hydrogens is 244 g/mol. The highest BCUT2D eigenvalue weighted by Gasteiger charge is 2.07. The van der Waals surface area contributed by atoms with Crippen molar-refractivity contribution in [1.82, 2.24) is 4.57 Å². The van der Waals surface area contributed by atoms with Gasteiger partial charge >= 0.3 is 0 Å². The lowest BCUT2D eigenvalue weighted by molar-refractivity contribution is 1.13. The molecule has 0 atom stereocenters. The van der Waals surface area contributed by atoms with E-state index >= 15 is 0 Å². The van der Waals surface area contributed by atoms with Crippen molar-refractivity contribution in [2.75, 3.05) is 0 Å². The molecule has 1 heterocycles. The summed E-state index contributed by atoms with van der Waals surface area (Å²) in [5, 5.41) is 1.16. The largest absolute Gasteiger partial charge is 0.314 e. The van der Waals surface area contributed by atoms with Crippen LogP contribution in [0.15, 0.2) is 77.9 Å².